The predicted molar refractivity (Wildman–Crippen MR) is 100 cm³/mol. The van der Waals surface area contributed by atoms with E-state index in [1.54, 1.807) is 29.2 Å². The van der Waals surface area contributed by atoms with Gasteiger partial charge in [0, 0.05) is 43.3 Å². The fraction of sp³-hybridized carbons (Fsp3) is 0.500. The molecule has 0 saturated carbocycles. The quantitative estimate of drug-likeness (QED) is 0.736. The molecule has 4 amide bonds. The van der Waals surface area contributed by atoms with Crippen LogP contribution in [0.5, 0.6) is 0 Å². The molecular formula is C18H25ClN4O3. The summed E-state index contributed by atoms with van der Waals surface area (Å²) < 4.78 is 0. The van der Waals surface area contributed by atoms with Crippen molar-refractivity contribution in [2.24, 2.45) is 0 Å². The number of rotatable bonds is 6. The van der Waals surface area contributed by atoms with Gasteiger partial charge in [0.15, 0.2) is 0 Å². The Bertz CT molecular complexity index is 628. The molecule has 1 saturated heterocycles. The van der Waals surface area contributed by atoms with Gasteiger partial charge in [-0.2, -0.15) is 0 Å². The Labute approximate surface area is 158 Å². The predicted octanol–water partition coefficient (Wildman–Crippen LogP) is 1.72. The zero-order valence-corrected chi connectivity index (χ0v) is 15.7. The van der Waals surface area contributed by atoms with Gasteiger partial charge in [-0.3, -0.25) is 19.8 Å². The molecule has 0 aromatic heterocycles. The number of benzene rings is 1. The molecule has 7 nitrogen and oxygen atoms in total. The number of imide groups is 1. The molecule has 1 aliphatic heterocycles. The van der Waals surface area contributed by atoms with Gasteiger partial charge in [-0.1, -0.05) is 24.9 Å². The standard InChI is InChI=1S/C18H25ClN4O3/c1-2-3-8-20-18(26)21-16(24)13-22-9-11-23(12-10-22)17(25)14-4-6-15(19)7-5-14/h4-7H,2-3,8-13H2,1H3,(H2,20,21,24,26). The second-order valence-corrected chi connectivity index (χ2v) is 6.67. The smallest absolute Gasteiger partial charge is 0.321 e. The highest BCUT2D eigenvalue weighted by Crippen LogP contribution is 2.13. The second kappa shape index (κ2) is 10.1. The van der Waals surface area contributed by atoms with Crippen molar-refractivity contribution in [2.45, 2.75) is 19.8 Å². The van der Waals surface area contributed by atoms with Gasteiger partial charge in [0.25, 0.3) is 5.91 Å². The van der Waals surface area contributed by atoms with Crippen LogP contribution in [0, 0.1) is 0 Å². The average Bonchev–Trinajstić information content (AvgIpc) is 2.62. The molecule has 0 atom stereocenters. The first-order valence-electron chi connectivity index (χ1n) is 8.84. The zero-order chi connectivity index (χ0) is 18.9. The van der Waals surface area contributed by atoms with Crippen molar-refractivity contribution in [1.29, 1.82) is 0 Å². The van der Waals surface area contributed by atoms with Crippen LogP contribution in [0.4, 0.5) is 4.79 Å². The van der Waals surface area contributed by atoms with E-state index >= 15 is 0 Å². The maximum atomic E-state index is 12.4. The Kier molecular flexibility index (Phi) is 7.87. The fourth-order valence-corrected chi connectivity index (χ4v) is 2.80. The molecule has 1 fully saturated rings. The summed E-state index contributed by atoms with van der Waals surface area (Å²) in [7, 11) is 0. The average molecular weight is 381 g/mol. The molecule has 2 N–H and O–H groups in total. The number of unbranched alkanes of at least 4 members (excludes halogenated alkanes) is 1. The minimum absolute atomic E-state index is 0.0407. The summed E-state index contributed by atoms with van der Waals surface area (Å²) in [6.07, 6.45) is 1.86. The van der Waals surface area contributed by atoms with Gasteiger partial charge in [0.05, 0.1) is 6.54 Å². The molecule has 0 radical (unpaired) electrons. The Morgan fingerprint density at radius 1 is 1.08 bits per heavy atom. The van der Waals surface area contributed by atoms with Gasteiger partial charge in [-0.05, 0) is 30.7 Å². The molecule has 1 heterocycles. The Hall–Kier alpha value is -2.12. The summed E-state index contributed by atoms with van der Waals surface area (Å²) >= 11 is 5.84. The molecule has 0 aliphatic carbocycles. The summed E-state index contributed by atoms with van der Waals surface area (Å²) in [6.45, 7) is 4.98. The number of urea groups is 1. The molecular weight excluding hydrogens is 356 g/mol. The first-order chi connectivity index (χ1) is 12.5. The molecule has 142 valence electrons. The van der Waals surface area contributed by atoms with Gasteiger partial charge in [0.1, 0.15) is 0 Å². The lowest BCUT2D eigenvalue weighted by atomic mass is 10.2. The minimum atomic E-state index is -0.458. The summed E-state index contributed by atoms with van der Waals surface area (Å²) in [4.78, 5) is 39.6. The van der Waals surface area contributed by atoms with Crippen LogP contribution in [-0.4, -0.2) is 66.9 Å². The molecule has 1 aliphatic rings. The highest BCUT2D eigenvalue weighted by Gasteiger charge is 2.23. The molecule has 0 unspecified atom stereocenters. The van der Waals surface area contributed by atoms with Crippen LogP contribution >= 0.6 is 11.6 Å². The minimum Gasteiger partial charge on any atom is -0.338 e. The highest BCUT2D eigenvalue weighted by atomic mass is 35.5. The van der Waals surface area contributed by atoms with Crippen LogP contribution < -0.4 is 10.6 Å². The lowest BCUT2D eigenvalue weighted by Gasteiger charge is -2.34. The first kappa shape index (κ1) is 20.2. The van der Waals surface area contributed by atoms with Crippen LogP contribution in [0.25, 0.3) is 0 Å². The third kappa shape index (κ3) is 6.31. The molecule has 26 heavy (non-hydrogen) atoms. The van der Waals surface area contributed by atoms with Crippen molar-refractivity contribution in [3.63, 3.8) is 0 Å². The largest absolute Gasteiger partial charge is 0.338 e. The molecule has 1 aromatic carbocycles. The van der Waals surface area contributed by atoms with E-state index in [2.05, 4.69) is 10.6 Å². The van der Waals surface area contributed by atoms with E-state index in [0.29, 0.717) is 43.3 Å². The van der Waals surface area contributed by atoms with Crippen molar-refractivity contribution in [1.82, 2.24) is 20.4 Å². The number of halogens is 1. The van der Waals surface area contributed by atoms with Crippen molar-refractivity contribution in [3.8, 4) is 0 Å². The number of nitrogens with zero attached hydrogens (tertiary/aromatic N) is 2. The number of piperazine rings is 1. The van der Waals surface area contributed by atoms with E-state index < -0.39 is 6.03 Å². The topological polar surface area (TPSA) is 81.8 Å². The second-order valence-electron chi connectivity index (χ2n) is 6.23. The number of hydrogen-bond donors (Lipinski definition) is 2. The highest BCUT2D eigenvalue weighted by molar-refractivity contribution is 6.30. The Balaban J connectivity index is 1.72. The van der Waals surface area contributed by atoms with Crippen molar-refractivity contribution >= 4 is 29.4 Å². The maximum absolute atomic E-state index is 12.4. The van der Waals surface area contributed by atoms with Crippen molar-refractivity contribution < 1.29 is 14.4 Å². The number of amides is 4. The Morgan fingerprint density at radius 3 is 2.35 bits per heavy atom. The molecule has 2 rings (SSSR count). The van der Waals surface area contributed by atoms with Crippen LogP contribution in [-0.2, 0) is 4.79 Å². The normalized spacial score (nSPS) is 14.8. The monoisotopic (exact) mass is 380 g/mol. The number of nitrogens with one attached hydrogen (secondary N) is 2. The van der Waals surface area contributed by atoms with E-state index in [0.717, 1.165) is 12.8 Å². The van der Waals surface area contributed by atoms with Crippen LogP contribution in [0.1, 0.15) is 30.1 Å². The third-order valence-electron chi connectivity index (χ3n) is 4.19. The van der Waals surface area contributed by atoms with Gasteiger partial charge in [-0.15, -0.1) is 0 Å². The van der Waals surface area contributed by atoms with E-state index in [1.165, 1.54) is 0 Å². The van der Waals surface area contributed by atoms with E-state index in [-0.39, 0.29) is 18.4 Å². The molecule has 1 aromatic rings. The van der Waals surface area contributed by atoms with Crippen molar-refractivity contribution in [3.05, 3.63) is 34.9 Å². The van der Waals surface area contributed by atoms with Crippen LogP contribution in [0.3, 0.4) is 0 Å². The van der Waals surface area contributed by atoms with Gasteiger partial charge >= 0.3 is 6.03 Å². The van der Waals surface area contributed by atoms with E-state index in [1.807, 2.05) is 11.8 Å². The fourth-order valence-electron chi connectivity index (χ4n) is 2.68. The van der Waals surface area contributed by atoms with Crippen molar-refractivity contribution in [2.75, 3.05) is 39.3 Å². The third-order valence-corrected chi connectivity index (χ3v) is 4.44. The summed E-state index contributed by atoms with van der Waals surface area (Å²) in [5.41, 5.74) is 0.601. The SMILES string of the molecule is CCCCNC(=O)NC(=O)CN1CCN(C(=O)c2ccc(Cl)cc2)CC1. The van der Waals surface area contributed by atoms with Crippen LogP contribution in [0.2, 0.25) is 5.02 Å². The lowest BCUT2D eigenvalue weighted by molar-refractivity contribution is -0.121. The zero-order valence-electron chi connectivity index (χ0n) is 15.0. The number of carbonyl (C=O) groups excluding carboxylic acids is 3. The maximum Gasteiger partial charge on any atom is 0.321 e. The number of hydrogen-bond acceptors (Lipinski definition) is 4. The first-order valence-corrected chi connectivity index (χ1v) is 9.22. The summed E-state index contributed by atoms with van der Waals surface area (Å²) in [6, 6.07) is 6.35. The van der Waals surface area contributed by atoms with Gasteiger partial charge in [0.2, 0.25) is 5.91 Å². The number of carbonyl (C=O) groups is 3. The Morgan fingerprint density at radius 2 is 1.73 bits per heavy atom. The van der Waals surface area contributed by atoms with Gasteiger partial charge < -0.3 is 10.2 Å². The molecule has 0 spiro atoms. The lowest BCUT2D eigenvalue weighted by Crippen LogP contribution is -2.52. The van der Waals surface area contributed by atoms with Crippen LogP contribution in [0.15, 0.2) is 24.3 Å². The van der Waals surface area contributed by atoms with E-state index in [4.69, 9.17) is 11.6 Å². The van der Waals surface area contributed by atoms with E-state index in [9.17, 15) is 14.4 Å². The van der Waals surface area contributed by atoms with Gasteiger partial charge in [-0.25, -0.2) is 4.79 Å². The summed E-state index contributed by atoms with van der Waals surface area (Å²) in [5.74, 6) is -0.377. The molecule has 8 heteroatoms. The summed E-state index contributed by atoms with van der Waals surface area (Å²) in [5, 5.41) is 5.57. The molecule has 0 bridgehead atoms.